The van der Waals surface area contributed by atoms with E-state index in [4.69, 9.17) is 16.3 Å². The van der Waals surface area contributed by atoms with Gasteiger partial charge in [0.25, 0.3) is 5.69 Å². The Labute approximate surface area is 87.7 Å². The Morgan fingerprint density at radius 2 is 2.23 bits per heavy atom. The molecule has 1 aromatic carbocycles. The molecule has 6 heteroatoms. The molecule has 0 spiro atoms. The summed E-state index contributed by atoms with van der Waals surface area (Å²) in [7, 11) is 1.46. The molecule has 1 aromatic rings. The SMILES string of the molecule is COc1ccc([N+](=O)[O-])c(Cl)c1Br. The van der Waals surface area contributed by atoms with Crippen molar-refractivity contribution >= 4 is 33.2 Å². The van der Waals surface area contributed by atoms with Crippen LogP contribution in [0.5, 0.6) is 5.75 Å². The molecule has 0 fully saturated rings. The molecular weight excluding hydrogens is 261 g/mol. The summed E-state index contributed by atoms with van der Waals surface area (Å²) in [5, 5.41) is 10.5. The maximum Gasteiger partial charge on any atom is 0.289 e. The second-order valence-corrected chi connectivity index (χ2v) is 3.34. The fraction of sp³-hybridized carbons (Fsp3) is 0.143. The summed E-state index contributed by atoms with van der Waals surface area (Å²) in [5.41, 5.74) is -0.144. The van der Waals surface area contributed by atoms with E-state index in [1.165, 1.54) is 19.2 Å². The minimum absolute atomic E-state index is 0.0457. The zero-order chi connectivity index (χ0) is 10.0. The van der Waals surface area contributed by atoms with Crippen LogP contribution in [0.1, 0.15) is 0 Å². The molecule has 0 aromatic heterocycles. The van der Waals surface area contributed by atoms with Gasteiger partial charge >= 0.3 is 0 Å². The summed E-state index contributed by atoms with van der Waals surface area (Å²) in [6.07, 6.45) is 0. The Hall–Kier alpha value is -0.810. The smallest absolute Gasteiger partial charge is 0.289 e. The summed E-state index contributed by atoms with van der Waals surface area (Å²) < 4.78 is 5.30. The van der Waals surface area contributed by atoms with Crippen molar-refractivity contribution in [1.82, 2.24) is 0 Å². The van der Waals surface area contributed by atoms with Crippen LogP contribution in [0.2, 0.25) is 5.02 Å². The van der Waals surface area contributed by atoms with Gasteiger partial charge in [-0.2, -0.15) is 0 Å². The minimum atomic E-state index is -0.549. The monoisotopic (exact) mass is 265 g/mol. The normalized spacial score (nSPS) is 9.77. The van der Waals surface area contributed by atoms with E-state index in [1.807, 2.05) is 0 Å². The first-order valence-electron chi connectivity index (χ1n) is 3.24. The fourth-order valence-electron chi connectivity index (χ4n) is 0.820. The molecule has 0 atom stereocenters. The van der Waals surface area contributed by atoms with Crippen LogP contribution < -0.4 is 4.74 Å². The van der Waals surface area contributed by atoms with Gasteiger partial charge in [0, 0.05) is 6.07 Å². The van der Waals surface area contributed by atoms with Crippen molar-refractivity contribution in [3.05, 3.63) is 31.7 Å². The quantitative estimate of drug-likeness (QED) is 0.611. The van der Waals surface area contributed by atoms with Gasteiger partial charge < -0.3 is 4.74 Å². The topological polar surface area (TPSA) is 52.4 Å². The molecule has 1 rings (SSSR count). The third kappa shape index (κ3) is 1.92. The van der Waals surface area contributed by atoms with E-state index in [-0.39, 0.29) is 10.7 Å². The first kappa shape index (κ1) is 10.3. The lowest BCUT2D eigenvalue weighted by molar-refractivity contribution is -0.384. The van der Waals surface area contributed by atoms with Crippen molar-refractivity contribution in [2.75, 3.05) is 7.11 Å². The third-order valence-corrected chi connectivity index (χ3v) is 2.84. The van der Waals surface area contributed by atoms with Crippen molar-refractivity contribution in [2.45, 2.75) is 0 Å². The number of hydrogen-bond acceptors (Lipinski definition) is 3. The highest BCUT2D eigenvalue weighted by molar-refractivity contribution is 9.10. The summed E-state index contributed by atoms with van der Waals surface area (Å²) in [4.78, 5) is 9.88. The van der Waals surface area contributed by atoms with E-state index in [2.05, 4.69) is 15.9 Å². The maximum absolute atomic E-state index is 10.4. The lowest BCUT2D eigenvalue weighted by Gasteiger charge is -2.03. The van der Waals surface area contributed by atoms with Crippen LogP contribution in [0.3, 0.4) is 0 Å². The van der Waals surface area contributed by atoms with Crippen LogP contribution in [0, 0.1) is 10.1 Å². The lowest BCUT2D eigenvalue weighted by Crippen LogP contribution is -1.91. The highest BCUT2D eigenvalue weighted by Gasteiger charge is 2.17. The number of halogens is 2. The molecule has 13 heavy (non-hydrogen) atoms. The van der Waals surface area contributed by atoms with Crippen LogP contribution in [0.4, 0.5) is 5.69 Å². The molecule has 0 aliphatic rings. The molecule has 0 unspecified atom stereocenters. The number of rotatable bonds is 2. The van der Waals surface area contributed by atoms with Crippen LogP contribution in [-0.4, -0.2) is 12.0 Å². The number of nitro benzene ring substituents is 1. The third-order valence-electron chi connectivity index (χ3n) is 1.44. The highest BCUT2D eigenvalue weighted by Crippen LogP contribution is 2.38. The van der Waals surface area contributed by atoms with Crippen LogP contribution >= 0.6 is 27.5 Å². The summed E-state index contributed by atoms with van der Waals surface area (Å²) in [6, 6.07) is 2.78. The van der Waals surface area contributed by atoms with Crippen molar-refractivity contribution in [2.24, 2.45) is 0 Å². The van der Waals surface area contributed by atoms with E-state index >= 15 is 0 Å². The molecule has 0 heterocycles. The average Bonchev–Trinajstić information content (AvgIpc) is 2.09. The number of hydrogen-bond donors (Lipinski definition) is 0. The number of nitrogens with zero attached hydrogens (tertiary/aromatic N) is 1. The lowest BCUT2D eigenvalue weighted by atomic mass is 10.3. The molecule has 0 aliphatic carbocycles. The number of nitro groups is 1. The van der Waals surface area contributed by atoms with Gasteiger partial charge in [-0.25, -0.2) is 0 Å². The minimum Gasteiger partial charge on any atom is -0.496 e. The van der Waals surface area contributed by atoms with E-state index in [0.717, 1.165) is 0 Å². The Kier molecular flexibility index (Phi) is 3.11. The zero-order valence-corrected chi connectivity index (χ0v) is 8.92. The van der Waals surface area contributed by atoms with Crippen molar-refractivity contribution in [3.8, 4) is 5.75 Å². The Balaban J connectivity index is 3.31. The predicted molar refractivity (Wildman–Crippen MR) is 52.4 cm³/mol. The van der Waals surface area contributed by atoms with Crippen LogP contribution in [0.15, 0.2) is 16.6 Å². The highest BCUT2D eigenvalue weighted by atomic mass is 79.9. The standard InChI is InChI=1S/C7H5BrClNO3/c1-13-5-3-2-4(10(11)12)7(9)6(5)8/h2-3H,1H3. The molecular formula is C7H5BrClNO3. The van der Waals surface area contributed by atoms with Gasteiger partial charge in [0.15, 0.2) is 0 Å². The molecule has 0 saturated carbocycles. The van der Waals surface area contributed by atoms with Gasteiger partial charge in [-0.15, -0.1) is 0 Å². The van der Waals surface area contributed by atoms with Crippen LogP contribution in [0.25, 0.3) is 0 Å². The van der Waals surface area contributed by atoms with E-state index in [0.29, 0.717) is 10.2 Å². The van der Waals surface area contributed by atoms with E-state index in [1.54, 1.807) is 0 Å². The summed E-state index contributed by atoms with van der Waals surface area (Å²) >= 11 is 8.80. The van der Waals surface area contributed by atoms with Gasteiger partial charge in [0.05, 0.1) is 16.5 Å². The molecule has 0 saturated heterocycles. The summed E-state index contributed by atoms with van der Waals surface area (Å²) in [6.45, 7) is 0. The number of ether oxygens (including phenoxy) is 1. The Bertz CT molecular complexity index is 356. The average molecular weight is 266 g/mol. The van der Waals surface area contributed by atoms with Gasteiger partial charge in [-0.05, 0) is 22.0 Å². The largest absolute Gasteiger partial charge is 0.496 e. The molecule has 0 amide bonds. The maximum atomic E-state index is 10.4. The zero-order valence-electron chi connectivity index (χ0n) is 6.58. The molecule has 0 bridgehead atoms. The molecule has 0 aliphatic heterocycles. The van der Waals surface area contributed by atoms with Crippen LogP contribution in [-0.2, 0) is 0 Å². The molecule has 4 nitrogen and oxygen atoms in total. The second kappa shape index (κ2) is 3.93. The first-order valence-corrected chi connectivity index (χ1v) is 4.41. The molecule has 70 valence electrons. The van der Waals surface area contributed by atoms with E-state index in [9.17, 15) is 10.1 Å². The van der Waals surface area contributed by atoms with Gasteiger partial charge in [-0.1, -0.05) is 11.6 Å². The summed E-state index contributed by atoms with van der Waals surface area (Å²) in [5.74, 6) is 0.468. The molecule has 0 radical (unpaired) electrons. The fourth-order valence-corrected chi connectivity index (χ4v) is 1.54. The first-order chi connectivity index (χ1) is 6.07. The van der Waals surface area contributed by atoms with Gasteiger partial charge in [0.1, 0.15) is 10.8 Å². The van der Waals surface area contributed by atoms with Crippen molar-refractivity contribution in [1.29, 1.82) is 0 Å². The van der Waals surface area contributed by atoms with Gasteiger partial charge in [0.2, 0.25) is 0 Å². The Morgan fingerprint density at radius 3 is 2.69 bits per heavy atom. The number of methoxy groups -OCH3 is 1. The molecule has 0 N–H and O–H groups in total. The second-order valence-electron chi connectivity index (χ2n) is 2.17. The van der Waals surface area contributed by atoms with Crippen molar-refractivity contribution < 1.29 is 9.66 Å². The number of benzene rings is 1. The van der Waals surface area contributed by atoms with Crippen molar-refractivity contribution in [3.63, 3.8) is 0 Å². The van der Waals surface area contributed by atoms with E-state index < -0.39 is 4.92 Å². The predicted octanol–water partition coefficient (Wildman–Crippen LogP) is 3.02. The van der Waals surface area contributed by atoms with Gasteiger partial charge in [-0.3, -0.25) is 10.1 Å². The Morgan fingerprint density at radius 1 is 1.62 bits per heavy atom.